The summed E-state index contributed by atoms with van der Waals surface area (Å²) in [6.45, 7) is 11.7. The van der Waals surface area contributed by atoms with Crippen LogP contribution in [0.3, 0.4) is 0 Å². The fourth-order valence-electron chi connectivity index (χ4n) is 2.48. The number of nitrogens with one attached hydrogen (secondary N) is 1. The van der Waals surface area contributed by atoms with Crippen molar-refractivity contribution in [2.45, 2.75) is 47.1 Å². The lowest BCUT2D eigenvalue weighted by Gasteiger charge is -2.19. The highest BCUT2D eigenvalue weighted by atomic mass is 32.1. The summed E-state index contributed by atoms with van der Waals surface area (Å²) in [5.74, 6) is 1.88. The summed E-state index contributed by atoms with van der Waals surface area (Å²) in [6.07, 6.45) is 2.45. The van der Waals surface area contributed by atoms with Crippen LogP contribution in [0.5, 0.6) is 0 Å². The van der Waals surface area contributed by atoms with Gasteiger partial charge in [-0.3, -0.25) is 4.90 Å². The van der Waals surface area contributed by atoms with Crippen molar-refractivity contribution in [3.05, 3.63) is 16.3 Å². The Bertz CT molecular complexity index is 606. The Kier molecular flexibility index (Phi) is 5.53. The molecule has 0 spiro atoms. The van der Waals surface area contributed by atoms with Crippen LogP contribution in [0.1, 0.15) is 43.0 Å². The zero-order chi connectivity index (χ0) is 15.4. The van der Waals surface area contributed by atoms with E-state index < -0.39 is 0 Å². The molecule has 0 aliphatic heterocycles. The maximum absolute atomic E-state index is 4.79. The van der Waals surface area contributed by atoms with Gasteiger partial charge in [0.2, 0.25) is 0 Å². The molecule has 0 fully saturated rings. The Balaban J connectivity index is 2.32. The number of unbranched alkanes of at least 4 members (excludes halogenated alkanes) is 1. The van der Waals surface area contributed by atoms with Crippen LogP contribution in [0.2, 0.25) is 0 Å². The van der Waals surface area contributed by atoms with E-state index in [0.29, 0.717) is 0 Å². The van der Waals surface area contributed by atoms with Crippen LogP contribution in [-0.2, 0) is 6.54 Å². The number of anilines is 1. The molecule has 21 heavy (non-hydrogen) atoms. The molecular weight excluding hydrogens is 280 g/mol. The predicted octanol–water partition coefficient (Wildman–Crippen LogP) is 3.97. The number of aromatic nitrogens is 2. The third kappa shape index (κ3) is 3.52. The Morgan fingerprint density at radius 3 is 2.57 bits per heavy atom. The van der Waals surface area contributed by atoms with Gasteiger partial charge in [-0.2, -0.15) is 0 Å². The fraction of sp³-hybridized carbons (Fsp3) is 0.625. The molecule has 0 atom stereocenters. The standard InChI is InChI=1S/C16H26N4S/c1-6-8-9-20(7-2)10-13-18-15(17-5)14-11(3)12(4)21-16(14)19-13/h6-10H2,1-5H3,(H,17,18,19). The number of hydrogen-bond acceptors (Lipinski definition) is 5. The van der Waals surface area contributed by atoms with Crippen LogP contribution >= 0.6 is 11.3 Å². The highest BCUT2D eigenvalue weighted by molar-refractivity contribution is 7.18. The number of hydrogen-bond donors (Lipinski definition) is 1. The Morgan fingerprint density at radius 2 is 1.95 bits per heavy atom. The number of fused-ring (bicyclic) bond motifs is 1. The van der Waals surface area contributed by atoms with E-state index in [9.17, 15) is 0 Å². The highest BCUT2D eigenvalue weighted by Gasteiger charge is 2.15. The van der Waals surface area contributed by atoms with Gasteiger partial charge in [-0.1, -0.05) is 20.3 Å². The van der Waals surface area contributed by atoms with E-state index in [1.54, 1.807) is 11.3 Å². The molecular formula is C16H26N4S. The smallest absolute Gasteiger partial charge is 0.146 e. The normalized spacial score (nSPS) is 11.5. The summed E-state index contributed by atoms with van der Waals surface area (Å²) in [7, 11) is 1.94. The lowest BCUT2D eigenvalue weighted by Crippen LogP contribution is -2.25. The Labute approximate surface area is 131 Å². The minimum Gasteiger partial charge on any atom is -0.372 e. The molecule has 0 aliphatic rings. The molecule has 2 heterocycles. The first kappa shape index (κ1) is 16.2. The van der Waals surface area contributed by atoms with E-state index in [0.717, 1.165) is 36.1 Å². The van der Waals surface area contributed by atoms with Crippen molar-refractivity contribution < 1.29 is 0 Å². The van der Waals surface area contributed by atoms with Crippen molar-refractivity contribution in [2.75, 3.05) is 25.5 Å². The summed E-state index contributed by atoms with van der Waals surface area (Å²) < 4.78 is 0. The summed E-state index contributed by atoms with van der Waals surface area (Å²) >= 11 is 1.77. The predicted molar refractivity (Wildman–Crippen MR) is 92.3 cm³/mol. The van der Waals surface area contributed by atoms with Crippen LogP contribution in [0.25, 0.3) is 10.2 Å². The molecule has 0 saturated carbocycles. The summed E-state index contributed by atoms with van der Waals surface area (Å²) in [5.41, 5.74) is 1.30. The molecule has 0 amide bonds. The van der Waals surface area contributed by atoms with Crippen LogP contribution < -0.4 is 5.32 Å². The number of aryl methyl sites for hydroxylation is 2. The molecule has 0 unspecified atom stereocenters. The molecule has 1 N–H and O–H groups in total. The molecule has 4 nitrogen and oxygen atoms in total. The van der Waals surface area contributed by atoms with Crippen molar-refractivity contribution in [1.82, 2.24) is 14.9 Å². The first-order chi connectivity index (χ1) is 10.1. The molecule has 5 heteroatoms. The topological polar surface area (TPSA) is 41.1 Å². The van der Waals surface area contributed by atoms with Gasteiger partial charge in [0.05, 0.1) is 11.9 Å². The van der Waals surface area contributed by atoms with Gasteiger partial charge in [0.1, 0.15) is 16.5 Å². The summed E-state index contributed by atoms with van der Waals surface area (Å²) in [4.78, 5) is 14.4. The minimum atomic E-state index is 0.830. The van der Waals surface area contributed by atoms with Gasteiger partial charge < -0.3 is 5.32 Å². The number of nitrogens with zero attached hydrogens (tertiary/aromatic N) is 3. The largest absolute Gasteiger partial charge is 0.372 e. The molecule has 116 valence electrons. The van der Waals surface area contributed by atoms with Gasteiger partial charge >= 0.3 is 0 Å². The molecule has 2 aromatic heterocycles. The molecule has 0 aromatic carbocycles. The average molecular weight is 306 g/mol. The van der Waals surface area contributed by atoms with E-state index in [-0.39, 0.29) is 0 Å². The highest BCUT2D eigenvalue weighted by Crippen LogP contribution is 2.33. The maximum atomic E-state index is 4.79. The van der Waals surface area contributed by atoms with Crippen molar-refractivity contribution in [2.24, 2.45) is 0 Å². The van der Waals surface area contributed by atoms with E-state index in [1.807, 2.05) is 7.05 Å². The second-order valence-corrected chi connectivity index (χ2v) is 6.63. The van der Waals surface area contributed by atoms with Gasteiger partial charge in [-0.05, 0) is 38.9 Å². The molecule has 2 rings (SSSR count). The zero-order valence-corrected chi connectivity index (χ0v) is 14.6. The molecule has 0 aliphatic carbocycles. The second-order valence-electron chi connectivity index (χ2n) is 5.42. The van der Waals surface area contributed by atoms with Crippen molar-refractivity contribution >= 4 is 27.4 Å². The van der Waals surface area contributed by atoms with E-state index in [2.05, 4.69) is 37.9 Å². The first-order valence-corrected chi connectivity index (χ1v) is 8.59. The third-order valence-corrected chi connectivity index (χ3v) is 5.05. The van der Waals surface area contributed by atoms with Gasteiger partial charge in [0, 0.05) is 11.9 Å². The SMILES string of the molecule is CCCCN(CC)Cc1nc(NC)c2c(C)c(C)sc2n1. The monoisotopic (exact) mass is 306 g/mol. The lowest BCUT2D eigenvalue weighted by molar-refractivity contribution is 0.269. The molecule has 0 radical (unpaired) electrons. The van der Waals surface area contributed by atoms with Gasteiger partial charge in [0.25, 0.3) is 0 Å². The van der Waals surface area contributed by atoms with Gasteiger partial charge in [-0.25, -0.2) is 9.97 Å². The first-order valence-electron chi connectivity index (χ1n) is 7.77. The van der Waals surface area contributed by atoms with Crippen molar-refractivity contribution in [3.8, 4) is 0 Å². The Morgan fingerprint density at radius 1 is 1.19 bits per heavy atom. The quantitative estimate of drug-likeness (QED) is 0.840. The number of rotatable bonds is 7. The van der Waals surface area contributed by atoms with Crippen LogP contribution in [0, 0.1) is 13.8 Å². The summed E-state index contributed by atoms with van der Waals surface area (Å²) in [6, 6.07) is 0. The van der Waals surface area contributed by atoms with Crippen molar-refractivity contribution in [1.29, 1.82) is 0 Å². The molecule has 0 saturated heterocycles. The maximum Gasteiger partial charge on any atom is 0.146 e. The van der Waals surface area contributed by atoms with Gasteiger partial charge in [-0.15, -0.1) is 11.3 Å². The second kappa shape index (κ2) is 7.18. The zero-order valence-electron chi connectivity index (χ0n) is 13.8. The van der Waals surface area contributed by atoms with Crippen LogP contribution in [0.4, 0.5) is 5.82 Å². The van der Waals surface area contributed by atoms with Crippen LogP contribution in [-0.4, -0.2) is 35.0 Å². The van der Waals surface area contributed by atoms with E-state index in [4.69, 9.17) is 9.97 Å². The Hall–Kier alpha value is -1.20. The van der Waals surface area contributed by atoms with E-state index in [1.165, 1.54) is 28.7 Å². The van der Waals surface area contributed by atoms with Gasteiger partial charge in [0.15, 0.2) is 0 Å². The van der Waals surface area contributed by atoms with E-state index >= 15 is 0 Å². The lowest BCUT2D eigenvalue weighted by atomic mass is 10.2. The molecule has 0 bridgehead atoms. The minimum absolute atomic E-state index is 0.830. The molecule has 2 aromatic rings. The van der Waals surface area contributed by atoms with Crippen molar-refractivity contribution in [3.63, 3.8) is 0 Å². The number of thiophene rings is 1. The summed E-state index contributed by atoms with van der Waals surface area (Å²) in [5, 5.41) is 4.42. The third-order valence-electron chi connectivity index (χ3n) is 3.95. The fourth-order valence-corrected chi connectivity index (χ4v) is 3.52. The average Bonchev–Trinajstić information content (AvgIpc) is 2.77. The van der Waals surface area contributed by atoms with Crippen LogP contribution in [0.15, 0.2) is 0 Å².